The molecule has 0 amide bonds. The van der Waals surface area contributed by atoms with Gasteiger partial charge in [-0.15, -0.1) is 33.0 Å². The lowest BCUT2D eigenvalue weighted by molar-refractivity contribution is 0.553. The van der Waals surface area contributed by atoms with Crippen molar-refractivity contribution in [3.8, 4) is 0 Å². The fourth-order valence-electron chi connectivity index (χ4n) is 1.64. The lowest BCUT2D eigenvalue weighted by atomic mass is 10.1. The molecule has 9 heteroatoms. The molecule has 1 N–H and O–H groups in total. The molecule has 2 heterocycles. The SMILES string of the molecule is Sc1cccc(Cc2nnn(Cc3nn[nH]n3)n2)c1. The predicted octanol–water partition coefficient (Wildman–Crippen LogP) is 0.114. The Bertz CT molecular complexity index is 662. The summed E-state index contributed by atoms with van der Waals surface area (Å²) in [5.74, 6) is 1.16. The van der Waals surface area contributed by atoms with Gasteiger partial charge in [0.1, 0.15) is 6.54 Å². The summed E-state index contributed by atoms with van der Waals surface area (Å²) in [5.41, 5.74) is 1.09. The predicted molar refractivity (Wildman–Crippen MR) is 67.6 cm³/mol. The van der Waals surface area contributed by atoms with Gasteiger partial charge in [-0.1, -0.05) is 17.3 Å². The van der Waals surface area contributed by atoms with E-state index in [2.05, 4.69) is 48.7 Å². The summed E-state index contributed by atoms with van der Waals surface area (Å²) in [5, 5.41) is 25.7. The van der Waals surface area contributed by atoms with Crippen molar-refractivity contribution in [2.45, 2.75) is 17.9 Å². The van der Waals surface area contributed by atoms with E-state index in [0.717, 1.165) is 10.5 Å². The van der Waals surface area contributed by atoms with Gasteiger partial charge in [-0.2, -0.15) is 10.0 Å². The fraction of sp³-hybridized carbons (Fsp3) is 0.200. The molecular formula is C10H10N8S. The Hall–Kier alpha value is -2.29. The first-order chi connectivity index (χ1) is 9.29. The summed E-state index contributed by atoms with van der Waals surface area (Å²) in [6.07, 6.45) is 0.612. The lowest BCUT2D eigenvalue weighted by Gasteiger charge is -1.97. The van der Waals surface area contributed by atoms with Crippen LogP contribution in [-0.4, -0.2) is 40.8 Å². The van der Waals surface area contributed by atoms with E-state index in [4.69, 9.17) is 0 Å². The first-order valence-corrected chi connectivity index (χ1v) is 6.01. The number of tetrazole rings is 2. The van der Waals surface area contributed by atoms with Crippen LogP contribution in [0.4, 0.5) is 0 Å². The number of aromatic amines is 1. The van der Waals surface area contributed by atoms with Crippen molar-refractivity contribution in [3.05, 3.63) is 41.5 Å². The van der Waals surface area contributed by atoms with Crippen LogP contribution in [-0.2, 0) is 13.0 Å². The molecule has 0 unspecified atom stereocenters. The van der Waals surface area contributed by atoms with E-state index in [1.807, 2.05) is 24.3 Å². The third kappa shape index (κ3) is 2.94. The smallest absolute Gasteiger partial charge is 0.177 e. The Labute approximate surface area is 113 Å². The second kappa shape index (κ2) is 5.14. The van der Waals surface area contributed by atoms with Crippen LogP contribution in [0.25, 0.3) is 0 Å². The third-order valence-corrected chi connectivity index (χ3v) is 2.72. The molecule has 3 aromatic rings. The van der Waals surface area contributed by atoms with Gasteiger partial charge in [0, 0.05) is 11.3 Å². The van der Waals surface area contributed by atoms with E-state index >= 15 is 0 Å². The van der Waals surface area contributed by atoms with E-state index in [1.54, 1.807) is 0 Å². The van der Waals surface area contributed by atoms with E-state index < -0.39 is 0 Å². The molecular weight excluding hydrogens is 264 g/mol. The van der Waals surface area contributed by atoms with Crippen LogP contribution in [0.1, 0.15) is 17.2 Å². The van der Waals surface area contributed by atoms with E-state index in [-0.39, 0.29) is 0 Å². The van der Waals surface area contributed by atoms with E-state index in [9.17, 15) is 0 Å². The zero-order valence-electron chi connectivity index (χ0n) is 9.80. The number of rotatable bonds is 4. The van der Waals surface area contributed by atoms with Gasteiger partial charge in [-0.3, -0.25) is 0 Å². The van der Waals surface area contributed by atoms with Crippen LogP contribution in [0.5, 0.6) is 0 Å². The van der Waals surface area contributed by atoms with Crippen molar-refractivity contribution in [1.82, 2.24) is 40.8 Å². The molecule has 3 rings (SSSR count). The molecule has 0 aliphatic heterocycles. The second-order valence-electron chi connectivity index (χ2n) is 3.91. The van der Waals surface area contributed by atoms with E-state index in [0.29, 0.717) is 24.6 Å². The van der Waals surface area contributed by atoms with Gasteiger partial charge in [0.05, 0.1) is 0 Å². The highest BCUT2D eigenvalue weighted by Gasteiger charge is 2.07. The number of aromatic nitrogens is 8. The molecule has 96 valence electrons. The Kier molecular flexibility index (Phi) is 3.19. The zero-order valence-corrected chi connectivity index (χ0v) is 10.7. The highest BCUT2D eigenvalue weighted by atomic mass is 32.1. The van der Waals surface area contributed by atoms with Crippen LogP contribution in [0.2, 0.25) is 0 Å². The molecule has 2 aromatic heterocycles. The summed E-state index contributed by atoms with van der Waals surface area (Å²) in [6.45, 7) is 0.343. The zero-order chi connectivity index (χ0) is 13.1. The number of hydrogen-bond donors (Lipinski definition) is 2. The lowest BCUT2D eigenvalue weighted by Crippen LogP contribution is -2.06. The molecule has 0 radical (unpaired) electrons. The molecule has 1 aromatic carbocycles. The molecule has 0 saturated heterocycles. The minimum Gasteiger partial charge on any atom is -0.177 e. The summed E-state index contributed by atoms with van der Waals surface area (Å²) >= 11 is 4.30. The van der Waals surface area contributed by atoms with E-state index in [1.165, 1.54) is 4.80 Å². The summed E-state index contributed by atoms with van der Waals surface area (Å²) in [7, 11) is 0. The van der Waals surface area contributed by atoms with Gasteiger partial charge in [0.2, 0.25) is 0 Å². The van der Waals surface area contributed by atoms with Crippen molar-refractivity contribution in [2.24, 2.45) is 0 Å². The number of hydrogen-bond acceptors (Lipinski definition) is 7. The highest BCUT2D eigenvalue weighted by molar-refractivity contribution is 7.80. The summed E-state index contributed by atoms with van der Waals surface area (Å²) in [6, 6.07) is 7.84. The maximum Gasteiger partial charge on any atom is 0.197 e. The van der Waals surface area contributed by atoms with Crippen molar-refractivity contribution < 1.29 is 0 Å². The molecule has 0 fully saturated rings. The second-order valence-corrected chi connectivity index (χ2v) is 4.43. The van der Waals surface area contributed by atoms with Gasteiger partial charge in [0.25, 0.3) is 0 Å². The van der Waals surface area contributed by atoms with Crippen molar-refractivity contribution in [3.63, 3.8) is 0 Å². The standard InChI is InChI=1S/C10H10N8S/c19-8-3-1-2-7(4-8)5-9-13-17-18(14-9)6-10-11-15-16-12-10/h1-4,19H,5-6H2,(H,11,12,15,16). The Morgan fingerprint density at radius 2 is 2.16 bits per heavy atom. The Morgan fingerprint density at radius 1 is 1.21 bits per heavy atom. The number of nitrogens with zero attached hydrogens (tertiary/aromatic N) is 7. The van der Waals surface area contributed by atoms with Crippen LogP contribution in [0.15, 0.2) is 29.2 Å². The molecule has 0 aliphatic carbocycles. The number of benzene rings is 1. The Balaban J connectivity index is 1.71. The molecule has 0 bridgehead atoms. The van der Waals surface area contributed by atoms with Crippen molar-refractivity contribution in [2.75, 3.05) is 0 Å². The van der Waals surface area contributed by atoms with Crippen LogP contribution >= 0.6 is 12.6 Å². The van der Waals surface area contributed by atoms with Gasteiger partial charge in [-0.05, 0) is 22.9 Å². The average Bonchev–Trinajstić information content (AvgIpc) is 3.02. The largest absolute Gasteiger partial charge is 0.197 e. The van der Waals surface area contributed by atoms with Crippen LogP contribution < -0.4 is 0 Å². The van der Waals surface area contributed by atoms with Crippen LogP contribution in [0, 0.1) is 0 Å². The topological polar surface area (TPSA) is 98.1 Å². The van der Waals surface area contributed by atoms with Gasteiger partial charge < -0.3 is 0 Å². The fourth-order valence-corrected chi connectivity index (χ4v) is 1.89. The van der Waals surface area contributed by atoms with Gasteiger partial charge >= 0.3 is 0 Å². The highest BCUT2D eigenvalue weighted by Crippen LogP contribution is 2.11. The third-order valence-electron chi connectivity index (χ3n) is 2.44. The summed E-state index contributed by atoms with van der Waals surface area (Å²) in [4.78, 5) is 2.35. The number of thiol groups is 1. The maximum atomic E-state index is 4.30. The monoisotopic (exact) mass is 274 g/mol. The van der Waals surface area contributed by atoms with Crippen LogP contribution in [0.3, 0.4) is 0 Å². The molecule has 0 saturated carbocycles. The van der Waals surface area contributed by atoms with Gasteiger partial charge in [0.15, 0.2) is 11.6 Å². The number of H-pyrrole nitrogens is 1. The summed E-state index contributed by atoms with van der Waals surface area (Å²) < 4.78 is 0. The molecule has 19 heavy (non-hydrogen) atoms. The van der Waals surface area contributed by atoms with Gasteiger partial charge in [-0.25, -0.2) is 0 Å². The minimum absolute atomic E-state index is 0.343. The Morgan fingerprint density at radius 3 is 2.95 bits per heavy atom. The van der Waals surface area contributed by atoms with Crippen molar-refractivity contribution >= 4 is 12.6 Å². The molecule has 8 nitrogen and oxygen atoms in total. The molecule has 0 spiro atoms. The number of nitrogens with one attached hydrogen (secondary N) is 1. The molecule has 0 aliphatic rings. The average molecular weight is 274 g/mol. The maximum absolute atomic E-state index is 4.30. The normalized spacial score (nSPS) is 10.8. The minimum atomic E-state index is 0.343. The molecule has 0 atom stereocenters. The first kappa shape index (κ1) is 11.8. The quantitative estimate of drug-likeness (QED) is 0.655. The van der Waals surface area contributed by atoms with Crippen molar-refractivity contribution in [1.29, 1.82) is 0 Å². The first-order valence-electron chi connectivity index (χ1n) is 5.56.